The number of aromatic nitrogens is 2. The molecule has 6 heteroatoms. The highest BCUT2D eigenvalue weighted by Gasteiger charge is 2.32. The predicted molar refractivity (Wildman–Crippen MR) is 103 cm³/mol. The molecular formula is C20H26N4O2. The van der Waals surface area contributed by atoms with Gasteiger partial charge in [-0.2, -0.15) is 4.98 Å². The first-order valence-corrected chi connectivity index (χ1v) is 9.48. The van der Waals surface area contributed by atoms with Crippen molar-refractivity contribution in [3.05, 3.63) is 52.3 Å². The zero-order chi connectivity index (χ0) is 17.9. The van der Waals surface area contributed by atoms with Crippen LogP contribution in [0.25, 0.3) is 0 Å². The molecule has 1 aromatic heterocycles. The molecule has 1 unspecified atom stereocenters. The van der Waals surface area contributed by atoms with Crippen molar-refractivity contribution < 1.29 is 4.74 Å². The second-order valence-electron chi connectivity index (χ2n) is 7.13. The molecule has 0 bridgehead atoms. The van der Waals surface area contributed by atoms with E-state index in [0.717, 1.165) is 38.3 Å². The molecule has 26 heavy (non-hydrogen) atoms. The van der Waals surface area contributed by atoms with Crippen LogP contribution in [0.3, 0.4) is 0 Å². The molecular weight excluding hydrogens is 328 g/mol. The Balaban J connectivity index is 1.61. The Kier molecular flexibility index (Phi) is 4.93. The Hall–Kier alpha value is -2.34. The lowest BCUT2D eigenvalue weighted by Gasteiger charge is -2.32. The van der Waals surface area contributed by atoms with Crippen molar-refractivity contribution in [2.24, 2.45) is 0 Å². The highest BCUT2D eigenvalue weighted by atomic mass is 16.5. The number of benzene rings is 1. The largest absolute Gasteiger partial charge is 0.378 e. The maximum absolute atomic E-state index is 12.3. The normalized spacial score (nSPS) is 21.8. The molecule has 4 rings (SSSR count). The fourth-order valence-corrected chi connectivity index (χ4v) is 4.08. The lowest BCUT2D eigenvalue weighted by atomic mass is 9.92. The number of nitrogens with zero attached hydrogens (tertiary/aromatic N) is 3. The average Bonchev–Trinajstić information content (AvgIpc) is 3.18. The van der Waals surface area contributed by atoms with Crippen molar-refractivity contribution in [2.45, 2.75) is 31.7 Å². The summed E-state index contributed by atoms with van der Waals surface area (Å²) in [6.45, 7) is 6.11. The second-order valence-corrected chi connectivity index (χ2v) is 7.13. The Bertz CT molecular complexity index is 786. The summed E-state index contributed by atoms with van der Waals surface area (Å²) in [5.41, 5.74) is 1.24. The summed E-state index contributed by atoms with van der Waals surface area (Å²) in [6, 6.07) is 12.5. The number of nitrogens with one attached hydrogen (secondary N) is 1. The molecule has 2 aliphatic heterocycles. The first-order chi connectivity index (χ1) is 12.7. The number of rotatable bonds is 4. The van der Waals surface area contributed by atoms with Crippen molar-refractivity contribution >= 4 is 11.8 Å². The van der Waals surface area contributed by atoms with Gasteiger partial charge >= 0.3 is 0 Å². The third-order valence-electron chi connectivity index (χ3n) is 5.52. The fourth-order valence-electron chi connectivity index (χ4n) is 4.08. The van der Waals surface area contributed by atoms with E-state index >= 15 is 0 Å². The van der Waals surface area contributed by atoms with Gasteiger partial charge in [0.15, 0.2) is 0 Å². The minimum absolute atomic E-state index is 0.0884. The molecule has 1 aromatic carbocycles. The molecule has 2 saturated heterocycles. The molecule has 2 aliphatic rings. The van der Waals surface area contributed by atoms with Gasteiger partial charge < -0.3 is 14.5 Å². The van der Waals surface area contributed by atoms with E-state index in [2.05, 4.69) is 46.0 Å². The van der Waals surface area contributed by atoms with Crippen LogP contribution in [0.1, 0.15) is 31.2 Å². The number of H-pyrrole nitrogens is 1. The third kappa shape index (κ3) is 3.46. The molecule has 0 radical (unpaired) electrons. The van der Waals surface area contributed by atoms with Gasteiger partial charge in [0.2, 0.25) is 5.95 Å². The molecule has 0 amide bonds. The van der Waals surface area contributed by atoms with Gasteiger partial charge in [-0.05, 0) is 18.4 Å². The summed E-state index contributed by atoms with van der Waals surface area (Å²) in [6.07, 6.45) is 2.23. The van der Waals surface area contributed by atoms with E-state index < -0.39 is 0 Å². The minimum atomic E-state index is -0.0884. The first-order valence-electron chi connectivity index (χ1n) is 9.48. The van der Waals surface area contributed by atoms with E-state index in [1.807, 2.05) is 6.07 Å². The number of ether oxygens (including phenoxy) is 1. The van der Waals surface area contributed by atoms with E-state index in [-0.39, 0.29) is 5.56 Å². The van der Waals surface area contributed by atoms with Crippen molar-refractivity contribution in [3.63, 3.8) is 0 Å². The monoisotopic (exact) mass is 354 g/mol. The third-order valence-corrected chi connectivity index (χ3v) is 5.52. The van der Waals surface area contributed by atoms with Gasteiger partial charge in [-0.25, -0.2) is 0 Å². The maximum Gasteiger partial charge on any atom is 0.254 e. The zero-order valence-corrected chi connectivity index (χ0v) is 15.2. The molecule has 2 fully saturated rings. The standard InChI is InChI=1S/C20H26N4O2/c1-15(16-6-3-2-4-7-16)17-8-5-9-24(17)20-21-18(14-19(25)22-20)23-10-12-26-13-11-23/h2-4,6-7,14-15,17H,5,8-13H2,1H3,(H,21,22,25)/t15?,17-/m1/s1. The summed E-state index contributed by atoms with van der Waals surface area (Å²) >= 11 is 0. The van der Waals surface area contributed by atoms with Crippen LogP contribution in [0.4, 0.5) is 11.8 Å². The van der Waals surface area contributed by atoms with Gasteiger partial charge in [0.05, 0.1) is 13.2 Å². The van der Waals surface area contributed by atoms with E-state index in [9.17, 15) is 4.79 Å². The molecule has 2 aromatic rings. The second kappa shape index (κ2) is 7.50. The van der Waals surface area contributed by atoms with Crippen molar-refractivity contribution in [3.8, 4) is 0 Å². The average molecular weight is 354 g/mol. The lowest BCUT2D eigenvalue weighted by Crippen LogP contribution is -2.39. The molecule has 138 valence electrons. The van der Waals surface area contributed by atoms with Gasteiger partial charge in [-0.3, -0.25) is 9.78 Å². The molecule has 1 N–H and O–H groups in total. The van der Waals surface area contributed by atoms with Crippen molar-refractivity contribution in [1.29, 1.82) is 0 Å². The Morgan fingerprint density at radius 2 is 1.96 bits per heavy atom. The van der Waals surface area contributed by atoms with Crippen molar-refractivity contribution in [1.82, 2.24) is 9.97 Å². The molecule has 0 spiro atoms. The van der Waals surface area contributed by atoms with Crippen LogP contribution < -0.4 is 15.4 Å². The van der Waals surface area contributed by atoms with Crippen LogP contribution in [-0.2, 0) is 4.74 Å². The zero-order valence-electron chi connectivity index (χ0n) is 15.2. The number of morpholine rings is 1. The van der Waals surface area contributed by atoms with Crippen LogP contribution in [0.15, 0.2) is 41.2 Å². The number of aromatic amines is 1. The summed E-state index contributed by atoms with van der Waals surface area (Å²) in [4.78, 5) is 24.5. The summed E-state index contributed by atoms with van der Waals surface area (Å²) in [5.74, 6) is 1.84. The topological polar surface area (TPSA) is 61.5 Å². The number of hydrogen-bond donors (Lipinski definition) is 1. The van der Waals surface area contributed by atoms with Crippen LogP contribution in [0.2, 0.25) is 0 Å². The number of hydrogen-bond acceptors (Lipinski definition) is 5. The van der Waals surface area contributed by atoms with Gasteiger partial charge in [-0.15, -0.1) is 0 Å². The summed E-state index contributed by atoms with van der Waals surface area (Å²) in [7, 11) is 0. The van der Waals surface area contributed by atoms with E-state index in [1.165, 1.54) is 5.56 Å². The van der Waals surface area contributed by atoms with Gasteiger partial charge in [0.1, 0.15) is 5.82 Å². The van der Waals surface area contributed by atoms with Crippen LogP contribution in [0, 0.1) is 0 Å². The molecule has 2 atom stereocenters. The molecule has 0 saturated carbocycles. The van der Waals surface area contributed by atoms with E-state index in [1.54, 1.807) is 6.07 Å². The first kappa shape index (κ1) is 17.1. The maximum atomic E-state index is 12.3. The van der Waals surface area contributed by atoms with Gasteiger partial charge in [-0.1, -0.05) is 37.3 Å². The minimum Gasteiger partial charge on any atom is -0.378 e. The molecule has 0 aliphatic carbocycles. The van der Waals surface area contributed by atoms with Crippen molar-refractivity contribution in [2.75, 3.05) is 42.6 Å². The van der Waals surface area contributed by atoms with E-state index in [4.69, 9.17) is 9.72 Å². The van der Waals surface area contributed by atoms with Gasteiger partial charge in [0.25, 0.3) is 5.56 Å². The highest BCUT2D eigenvalue weighted by Crippen LogP contribution is 2.33. The lowest BCUT2D eigenvalue weighted by molar-refractivity contribution is 0.122. The fraction of sp³-hybridized carbons (Fsp3) is 0.500. The van der Waals surface area contributed by atoms with E-state index in [0.29, 0.717) is 31.1 Å². The predicted octanol–water partition coefficient (Wildman–Crippen LogP) is 2.38. The highest BCUT2D eigenvalue weighted by molar-refractivity contribution is 5.46. The van der Waals surface area contributed by atoms with Crippen LogP contribution >= 0.6 is 0 Å². The summed E-state index contributed by atoms with van der Waals surface area (Å²) in [5, 5.41) is 0. The Labute approximate surface area is 153 Å². The number of anilines is 2. The molecule has 6 nitrogen and oxygen atoms in total. The quantitative estimate of drug-likeness (QED) is 0.913. The Morgan fingerprint density at radius 1 is 1.19 bits per heavy atom. The SMILES string of the molecule is CC(c1ccccc1)[C@H]1CCCN1c1nc(N2CCOCC2)cc(=O)[nH]1. The van der Waals surface area contributed by atoms with Gasteiger partial charge in [0, 0.05) is 37.7 Å². The van der Waals surface area contributed by atoms with Crippen LogP contribution in [0.5, 0.6) is 0 Å². The molecule has 3 heterocycles. The van der Waals surface area contributed by atoms with Crippen LogP contribution in [-0.4, -0.2) is 48.9 Å². The summed E-state index contributed by atoms with van der Waals surface area (Å²) < 4.78 is 5.41. The smallest absolute Gasteiger partial charge is 0.254 e. The Morgan fingerprint density at radius 3 is 2.73 bits per heavy atom.